The summed E-state index contributed by atoms with van der Waals surface area (Å²) in [4.78, 5) is 22.2. The summed E-state index contributed by atoms with van der Waals surface area (Å²) in [7, 11) is 0. The second-order valence-corrected chi connectivity index (χ2v) is 3.22. The molecule has 0 amide bonds. The quantitative estimate of drug-likeness (QED) is 0.293. The molecule has 0 aliphatic rings. The Labute approximate surface area is 120 Å². The van der Waals surface area contributed by atoms with Crippen LogP contribution in [-0.4, -0.2) is 42.3 Å². The van der Waals surface area contributed by atoms with Crippen molar-refractivity contribution in [1.29, 1.82) is 0 Å². The molecule has 0 radical (unpaired) electrons. The van der Waals surface area contributed by atoms with Crippen molar-refractivity contribution < 1.29 is 28.2 Å². The number of carbonyl (C=O) groups excluding carboxylic acids is 2. The molecule has 0 heterocycles. The Morgan fingerprint density at radius 1 is 1.37 bits per heavy atom. The van der Waals surface area contributed by atoms with Crippen molar-refractivity contribution in [3.8, 4) is 0 Å². The van der Waals surface area contributed by atoms with E-state index in [1.807, 2.05) is 0 Å². The summed E-state index contributed by atoms with van der Waals surface area (Å²) in [5.74, 6) is -5.65. The van der Waals surface area contributed by atoms with E-state index >= 15 is 0 Å². The molecule has 1 aromatic rings. The average Bonchev–Trinajstić information content (AvgIpc) is 2.32. The number of carbonyl (C=O) groups is 2. The molecular weight excluding hydrogens is 253 g/mol. The van der Waals surface area contributed by atoms with Crippen LogP contribution in [0.2, 0.25) is 0 Å². The zero-order valence-corrected chi connectivity index (χ0v) is 9.44. The number of benzene rings is 1. The molecule has 0 atom stereocenters. The number of esters is 1. The maximum absolute atomic E-state index is 13.2. The van der Waals surface area contributed by atoms with E-state index < -0.39 is 34.7 Å². The van der Waals surface area contributed by atoms with Crippen LogP contribution in [0.25, 0.3) is 5.76 Å². The van der Waals surface area contributed by atoms with Crippen LogP contribution in [-0.2, 0) is 14.3 Å². The second-order valence-electron chi connectivity index (χ2n) is 3.22. The standard InChI is InChI=1S/C12H10F2O4.Li.H/c1-2-18-12(17)10(16)6-9(15)7-4-3-5-8(13)11(7)14;;/h3-6,15H,2H2,1H3;;. The molecule has 0 bridgehead atoms. The molecule has 0 spiro atoms. The normalized spacial score (nSPS) is 10.6. The van der Waals surface area contributed by atoms with Gasteiger partial charge in [-0.25, -0.2) is 13.6 Å². The summed E-state index contributed by atoms with van der Waals surface area (Å²) in [6.07, 6.45) is 0.482. The third kappa shape index (κ3) is 4.51. The van der Waals surface area contributed by atoms with E-state index in [1.54, 1.807) is 0 Å². The van der Waals surface area contributed by atoms with Crippen molar-refractivity contribution in [2.24, 2.45) is 0 Å². The van der Waals surface area contributed by atoms with Crippen LogP contribution in [0.15, 0.2) is 24.3 Å². The van der Waals surface area contributed by atoms with E-state index in [0.29, 0.717) is 6.08 Å². The average molecular weight is 264 g/mol. The molecule has 0 aliphatic heterocycles. The summed E-state index contributed by atoms with van der Waals surface area (Å²) in [5.41, 5.74) is -0.507. The van der Waals surface area contributed by atoms with E-state index in [4.69, 9.17) is 0 Å². The van der Waals surface area contributed by atoms with Gasteiger partial charge in [-0.1, -0.05) is 6.07 Å². The van der Waals surface area contributed by atoms with Crippen molar-refractivity contribution in [3.63, 3.8) is 0 Å². The van der Waals surface area contributed by atoms with E-state index in [-0.39, 0.29) is 25.5 Å². The third-order valence-corrected chi connectivity index (χ3v) is 1.97. The Morgan fingerprint density at radius 2 is 2.00 bits per heavy atom. The zero-order chi connectivity index (χ0) is 13.7. The van der Waals surface area contributed by atoms with Crippen molar-refractivity contribution in [2.75, 3.05) is 6.61 Å². The Bertz CT molecular complexity index is 514. The molecule has 1 N–H and O–H groups in total. The predicted molar refractivity (Wildman–Crippen MR) is 65.8 cm³/mol. The zero-order valence-electron chi connectivity index (χ0n) is 9.44. The van der Waals surface area contributed by atoms with Crippen LogP contribution in [0.3, 0.4) is 0 Å². The van der Waals surface area contributed by atoms with Gasteiger partial charge in [0.2, 0.25) is 0 Å². The minimum atomic E-state index is -1.30. The van der Waals surface area contributed by atoms with Crippen molar-refractivity contribution in [2.45, 2.75) is 6.92 Å². The molecule has 19 heavy (non-hydrogen) atoms. The first kappa shape index (κ1) is 17.4. The van der Waals surface area contributed by atoms with E-state index in [1.165, 1.54) is 6.92 Å². The van der Waals surface area contributed by atoms with Crippen molar-refractivity contribution in [3.05, 3.63) is 41.5 Å². The minimum absolute atomic E-state index is 0. The fourth-order valence-electron chi connectivity index (χ4n) is 1.16. The van der Waals surface area contributed by atoms with Gasteiger partial charge in [-0.2, -0.15) is 0 Å². The summed E-state index contributed by atoms with van der Waals surface area (Å²) in [6.45, 7) is 1.49. The SMILES string of the molecule is CCOC(=O)C(=O)C=C(O)c1cccc(F)c1F.[LiH]. The first-order valence-corrected chi connectivity index (χ1v) is 5.03. The van der Waals surface area contributed by atoms with E-state index in [2.05, 4.69) is 4.74 Å². The molecule has 0 saturated carbocycles. The molecular formula is C12H11F2LiO4. The maximum atomic E-state index is 13.2. The number of ether oxygens (including phenoxy) is 1. The molecule has 7 heteroatoms. The number of halogens is 2. The van der Waals surface area contributed by atoms with Crippen LogP contribution < -0.4 is 0 Å². The second kappa shape index (κ2) is 7.72. The Balaban J connectivity index is 0.00000324. The number of hydrogen-bond acceptors (Lipinski definition) is 4. The number of rotatable bonds is 4. The summed E-state index contributed by atoms with van der Waals surface area (Å²) < 4.78 is 30.5. The number of hydrogen-bond donors (Lipinski definition) is 1. The molecule has 0 aromatic heterocycles. The summed E-state index contributed by atoms with van der Waals surface area (Å²) in [6, 6.07) is 3.09. The van der Waals surface area contributed by atoms with Crippen LogP contribution in [0.5, 0.6) is 0 Å². The first-order chi connectivity index (χ1) is 8.47. The molecule has 0 saturated heterocycles. The van der Waals surface area contributed by atoms with Gasteiger partial charge < -0.3 is 9.84 Å². The molecule has 1 rings (SSSR count). The summed E-state index contributed by atoms with van der Waals surface area (Å²) in [5, 5.41) is 9.44. The van der Waals surface area contributed by atoms with Gasteiger partial charge in [-0.3, -0.25) is 4.79 Å². The Kier molecular flexibility index (Phi) is 7.05. The fourth-order valence-corrected chi connectivity index (χ4v) is 1.16. The van der Waals surface area contributed by atoms with Gasteiger partial charge in [-0.15, -0.1) is 0 Å². The van der Waals surface area contributed by atoms with E-state index in [9.17, 15) is 23.5 Å². The van der Waals surface area contributed by atoms with Crippen molar-refractivity contribution >= 4 is 36.4 Å². The van der Waals surface area contributed by atoms with Crippen molar-refractivity contribution in [1.82, 2.24) is 0 Å². The Morgan fingerprint density at radius 3 is 2.58 bits per heavy atom. The van der Waals surface area contributed by atoms with Gasteiger partial charge in [0.25, 0.3) is 5.78 Å². The third-order valence-electron chi connectivity index (χ3n) is 1.97. The van der Waals surface area contributed by atoms with Gasteiger partial charge in [0.15, 0.2) is 11.6 Å². The first-order valence-electron chi connectivity index (χ1n) is 5.03. The molecule has 98 valence electrons. The number of aliphatic hydroxyl groups is 1. The van der Waals surface area contributed by atoms with Gasteiger partial charge in [0.05, 0.1) is 12.2 Å². The fraction of sp³-hybridized carbons (Fsp3) is 0.167. The molecule has 1 aromatic carbocycles. The van der Waals surface area contributed by atoms with Gasteiger partial charge in [0, 0.05) is 6.08 Å². The molecule has 0 fully saturated rings. The topological polar surface area (TPSA) is 63.6 Å². The van der Waals surface area contributed by atoms with Gasteiger partial charge in [0.1, 0.15) is 5.76 Å². The monoisotopic (exact) mass is 264 g/mol. The van der Waals surface area contributed by atoms with Crippen LogP contribution in [0, 0.1) is 11.6 Å². The molecule has 4 nitrogen and oxygen atoms in total. The predicted octanol–water partition coefficient (Wildman–Crippen LogP) is 1.35. The number of ketones is 1. The van der Waals surface area contributed by atoms with E-state index in [0.717, 1.165) is 18.2 Å². The van der Waals surface area contributed by atoms with Crippen LogP contribution in [0.4, 0.5) is 8.78 Å². The summed E-state index contributed by atoms with van der Waals surface area (Å²) >= 11 is 0. The van der Waals surface area contributed by atoms with Crippen LogP contribution in [0.1, 0.15) is 12.5 Å². The molecule has 0 unspecified atom stereocenters. The number of aliphatic hydroxyl groups excluding tert-OH is 1. The van der Waals surface area contributed by atoms with Gasteiger partial charge in [-0.05, 0) is 19.1 Å². The van der Waals surface area contributed by atoms with Crippen LogP contribution >= 0.6 is 0 Å². The molecule has 0 aliphatic carbocycles. The van der Waals surface area contributed by atoms with Gasteiger partial charge >= 0.3 is 24.8 Å². The Hall–Kier alpha value is -1.64.